The molecule has 0 aromatic heterocycles. The molecular formula is C16H33N3OS2. The smallest absolute Gasteiger partial charge is 0.133 e. The number of hydrogen-bond acceptors (Lipinski definition) is 4. The van der Waals surface area contributed by atoms with E-state index in [0.717, 1.165) is 39.0 Å². The van der Waals surface area contributed by atoms with Gasteiger partial charge in [0.1, 0.15) is 9.98 Å². The predicted octanol–water partition coefficient (Wildman–Crippen LogP) is 3.49. The van der Waals surface area contributed by atoms with Crippen LogP contribution in [0.1, 0.15) is 65.2 Å². The number of thiocarbonyl (C=S) groups is 2. The molecule has 0 aliphatic rings. The molecule has 0 spiro atoms. The van der Waals surface area contributed by atoms with Crippen LogP contribution in [0.15, 0.2) is 0 Å². The van der Waals surface area contributed by atoms with Gasteiger partial charge in [0.15, 0.2) is 0 Å². The molecule has 0 bridgehead atoms. The lowest BCUT2D eigenvalue weighted by Crippen LogP contribution is -2.33. The van der Waals surface area contributed by atoms with Crippen molar-refractivity contribution in [1.29, 1.82) is 0 Å². The van der Waals surface area contributed by atoms with Crippen LogP contribution < -0.4 is 16.5 Å². The second-order valence-electron chi connectivity index (χ2n) is 5.83. The summed E-state index contributed by atoms with van der Waals surface area (Å²) in [6.45, 7) is 6.97. The standard InChI is InChI=1S/C16H33N3OS2/c1-3-4-5-6-7-8-12-20-19-13-14(2)10-9-11-18-16(22)15(17)21/h14,19H,3-13H2,1-2H3,(H2,17,21)(H,18,22). The van der Waals surface area contributed by atoms with E-state index in [9.17, 15) is 0 Å². The van der Waals surface area contributed by atoms with Gasteiger partial charge in [-0.15, -0.1) is 0 Å². The molecule has 0 saturated carbocycles. The fourth-order valence-corrected chi connectivity index (χ4v) is 2.24. The normalized spacial score (nSPS) is 12.1. The summed E-state index contributed by atoms with van der Waals surface area (Å²) in [6, 6.07) is 0. The van der Waals surface area contributed by atoms with Crippen molar-refractivity contribution in [3.05, 3.63) is 0 Å². The van der Waals surface area contributed by atoms with Gasteiger partial charge in [0.2, 0.25) is 0 Å². The highest BCUT2D eigenvalue weighted by Crippen LogP contribution is 2.05. The number of rotatable bonds is 14. The first kappa shape index (κ1) is 21.7. The van der Waals surface area contributed by atoms with Crippen LogP contribution in [-0.4, -0.2) is 29.7 Å². The Balaban J connectivity index is 3.27. The van der Waals surface area contributed by atoms with E-state index >= 15 is 0 Å². The molecule has 130 valence electrons. The highest BCUT2D eigenvalue weighted by atomic mass is 32.1. The van der Waals surface area contributed by atoms with Crippen LogP contribution in [0.4, 0.5) is 0 Å². The van der Waals surface area contributed by atoms with E-state index < -0.39 is 0 Å². The molecular weight excluding hydrogens is 314 g/mol. The summed E-state index contributed by atoms with van der Waals surface area (Å²) >= 11 is 9.78. The maximum absolute atomic E-state index is 5.47. The number of unbranched alkanes of at least 4 members (excludes halogenated alkanes) is 5. The van der Waals surface area contributed by atoms with Gasteiger partial charge in [-0.2, -0.15) is 0 Å². The van der Waals surface area contributed by atoms with E-state index in [1.807, 2.05) is 0 Å². The summed E-state index contributed by atoms with van der Waals surface area (Å²) in [7, 11) is 0. The maximum Gasteiger partial charge on any atom is 0.133 e. The second-order valence-corrected chi connectivity index (χ2v) is 6.68. The van der Waals surface area contributed by atoms with Crippen LogP contribution in [0.5, 0.6) is 0 Å². The largest absolute Gasteiger partial charge is 0.388 e. The number of nitrogens with one attached hydrogen (secondary N) is 2. The Kier molecular flexibility index (Phi) is 15.4. The molecule has 4 nitrogen and oxygen atoms in total. The Bertz CT molecular complexity index is 301. The lowest BCUT2D eigenvalue weighted by atomic mass is 10.1. The minimum absolute atomic E-state index is 0.271. The predicted molar refractivity (Wildman–Crippen MR) is 103 cm³/mol. The summed E-state index contributed by atoms with van der Waals surface area (Å²) < 4.78 is 0. The van der Waals surface area contributed by atoms with Crippen LogP contribution in [0.3, 0.4) is 0 Å². The number of nitrogens with two attached hydrogens (primary N) is 1. The van der Waals surface area contributed by atoms with E-state index in [0.29, 0.717) is 10.9 Å². The molecule has 0 fully saturated rings. The van der Waals surface area contributed by atoms with Gasteiger partial charge in [-0.25, -0.2) is 5.48 Å². The van der Waals surface area contributed by atoms with Crippen molar-refractivity contribution < 1.29 is 4.84 Å². The Hall–Kier alpha value is -0.300. The minimum Gasteiger partial charge on any atom is -0.388 e. The van der Waals surface area contributed by atoms with Gasteiger partial charge in [-0.05, 0) is 25.2 Å². The third-order valence-corrected chi connectivity index (χ3v) is 4.21. The third kappa shape index (κ3) is 14.6. The van der Waals surface area contributed by atoms with Gasteiger partial charge in [-0.1, -0.05) is 70.4 Å². The van der Waals surface area contributed by atoms with Gasteiger partial charge in [-0.3, -0.25) is 0 Å². The van der Waals surface area contributed by atoms with Crippen molar-refractivity contribution in [2.24, 2.45) is 11.7 Å². The fourth-order valence-electron chi connectivity index (χ4n) is 2.07. The Morgan fingerprint density at radius 1 is 1.09 bits per heavy atom. The third-order valence-electron chi connectivity index (χ3n) is 3.52. The number of hydrogen-bond donors (Lipinski definition) is 3. The molecule has 1 atom stereocenters. The SMILES string of the molecule is CCCCCCCCONCC(C)CCCNC(=S)C(N)=S. The molecule has 0 radical (unpaired) electrons. The Morgan fingerprint density at radius 2 is 1.77 bits per heavy atom. The zero-order valence-electron chi connectivity index (χ0n) is 14.2. The van der Waals surface area contributed by atoms with Gasteiger partial charge < -0.3 is 15.9 Å². The molecule has 22 heavy (non-hydrogen) atoms. The highest BCUT2D eigenvalue weighted by molar-refractivity contribution is 7.89. The fraction of sp³-hybridized carbons (Fsp3) is 0.875. The molecule has 0 aliphatic heterocycles. The van der Waals surface area contributed by atoms with Crippen LogP contribution in [0, 0.1) is 5.92 Å². The molecule has 0 heterocycles. The molecule has 4 N–H and O–H groups in total. The van der Waals surface area contributed by atoms with Gasteiger partial charge >= 0.3 is 0 Å². The van der Waals surface area contributed by atoms with Crippen molar-refractivity contribution in [1.82, 2.24) is 10.8 Å². The van der Waals surface area contributed by atoms with E-state index in [1.165, 1.54) is 32.1 Å². The second kappa shape index (κ2) is 15.6. The van der Waals surface area contributed by atoms with Crippen LogP contribution >= 0.6 is 24.4 Å². The van der Waals surface area contributed by atoms with Crippen LogP contribution in [0.2, 0.25) is 0 Å². The average molecular weight is 348 g/mol. The first-order chi connectivity index (χ1) is 10.6. The van der Waals surface area contributed by atoms with E-state index in [4.69, 9.17) is 35.0 Å². The van der Waals surface area contributed by atoms with Crippen molar-refractivity contribution in [2.45, 2.75) is 65.2 Å². The Labute approximate surface area is 146 Å². The number of hydroxylamine groups is 1. The first-order valence-corrected chi connectivity index (χ1v) is 9.31. The van der Waals surface area contributed by atoms with Crippen molar-refractivity contribution >= 4 is 34.4 Å². The molecule has 1 unspecified atom stereocenters. The monoisotopic (exact) mass is 347 g/mol. The maximum atomic E-state index is 5.47. The molecule has 6 heteroatoms. The molecule has 0 rings (SSSR count). The lowest BCUT2D eigenvalue weighted by Gasteiger charge is -2.13. The summed E-state index contributed by atoms with van der Waals surface area (Å²) in [5, 5.41) is 3.06. The zero-order valence-corrected chi connectivity index (χ0v) is 15.8. The van der Waals surface area contributed by atoms with Crippen molar-refractivity contribution in [2.75, 3.05) is 19.7 Å². The topological polar surface area (TPSA) is 59.3 Å². The minimum atomic E-state index is 0.271. The highest BCUT2D eigenvalue weighted by Gasteiger charge is 2.03. The van der Waals surface area contributed by atoms with Gasteiger partial charge in [0.05, 0.1) is 6.61 Å². The summed E-state index contributed by atoms with van der Waals surface area (Å²) in [4.78, 5) is 6.23. The quantitative estimate of drug-likeness (QED) is 0.254. The molecule has 0 saturated heterocycles. The van der Waals surface area contributed by atoms with E-state index in [2.05, 4.69) is 24.6 Å². The lowest BCUT2D eigenvalue weighted by molar-refractivity contribution is 0.0304. The molecule has 0 aromatic rings. The molecule has 0 aliphatic carbocycles. The molecule has 0 aromatic carbocycles. The first-order valence-electron chi connectivity index (χ1n) is 8.50. The molecule has 0 amide bonds. The summed E-state index contributed by atoms with van der Waals surface area (Å²) in [5.41, 5.74) is 8.49. The van der Waals surface area contributed by atoms with E-state index in [-0.39, 0.29) is 4.99 Å². The average Bonchev–Trinajstić information content (AvgIpc) is 2.49. The van der Waals surface area contributed by atoms with Gasteiger partial charge in [0.25, 0.3) is 0 Å². The Morgan fingerprint density at radius 3 is 2.45 bits per heavy atom. The van der Waals surface area contributed by atoms with Gasteiger partial charge in [0, 0.05) is 13.1 Å². The summed E-state index contributed by atoms with van der Waals surface area (Å²) in [5.74, 6) is 0.574. The van der Waals surface area contributed by atoms with Crippen LogP contribution in [-0.2, 0) is 4.84 Å². The van der Waals surface area contributed by atoms with Crippen molar-refractivity contribution in [3.8, 4) is 0 Å². The van der Waals surface area contributed by atoms with Crippen LogP contribution in [0.25, 0.3) is 0 Å². The van der Waals surface area contributed by atoms with E-state index in [1.54, 1.807) is 0 Å². The summed E-state index contributed by atoms with van der Waals surface area (Å²) in [6.07, 6.45) is 9.91. The van der Waals surface area contributed by atoms with Crippen molar-refractivity contribution in [3.63, 3.8) is 0 Å². The zero-order chi connectivity index (χ0) is 16.6.